The lowest BCUT2D eigenvalue weighted by Gasteiger charge is -2.35. The monoisotopic (exact) mass is 365 g/mol. The van der Waals surface area contributed by atoms with E-state index in [-0.39, 0.29) is 22.8 Å². The smallest absolute Gasteiger partial charge is 0.279 e. The van der Waals surface area contributed by atoms with Crippen LogP contribution in [0.15, 0.2) is 23.4 Å². The molecule has 8 nitrogen and oxygen atoms in total. The van der Waals surface area contributed by atoms with E-state index in [4.69, 9.17) is 21.7 Å². The summed E-state index contributed by atoms with van der Waals surface area (Å²) in [6, 6.07) is 2.03. The third kappa shape index (κ3) is 3.27. The molecule has 0 spiro atoms. The molecule has 0 fully saturated rings. The molecule has 0 bridgehead atoms. The molecule has 25 heavy (non-hydrogen) atoms. The van der Waals surface area contributed by atoms with Gasteiger partial charge in [0.25, 0.3) is 5.69 Å². The van der Waals surface area contributed by atoms with Crippen molar-refractivity contribution in [2.45, 2.75) is 19.9 Å². The van der Waals surface area contributed by atoms with Crippen LogP contribution in [0.3, 0.4) is 0 Å². The molecule has 2 rings (SSSR count). The van der Waals surface area contributed by atoms with Crippen LogP contribution in [-0.4, -0.2) is 42.0 Å². The number of ether oxygens (including phenoxy) is 2. The van der Waals surface area contributed by atoms with Crippen molar-refractivity contribution in [3.63, 3.8) is 0 Å². The highest BCUT2D eigenvalue weighted by molar-refractivity contribution is 7.80. The number of hydrogen-bond donors (Lipinski definition) is 1. The minimum atomic E-state index is -0.749. The maximum atomic E-state index is 12.2. The molecule has 1 atom stereocenters. The molecule has 0 saturated carbocycles. The van der Waals surface area contributed by atoms with Crippen molar-refractivity contribution in [3.8, 4) is 11.5 Å². The van der Waals surface area contributed by atoms with Crippen molar-refractivity contribution < 1.29 is 19.2 Å². The van der Waals surface area contributed by atoms with Crippen LogP contribution in [0.4, 0.5) is 5.69 Å². The number of ketones is 1. The van der Waals surface area contributed by atoms with Crippen LogP contribution in [0.25, 0.3) is 0 Å². The fourth-order valence-electron chi connectivity index (χ4n) is 2.80. The normalized spacial score (nSPS) is 17.2. The van der Waals surface area contributed by atoms with Gasteiger partial charge in [0.1, 0.15) is 0 Å². The molecule has 0 aromatic heterocycles. The largest absolute Gasteiger partial charge is 0.493 e. The van der Waals surface area contributed by atoms with Gasteiger partial charge >= 0.3 is 0 Å². The van der Waals surface area contributed by atoms with Crippen LogP contribution in [0, 0.1) is 10.1 Å². The van der Waals surface area contributed by atoms with E-state index in [2.05, 4.69) is 5.32 Å². The lowest BCUT2D eigenvalue weighted by Crippen LogP contribution is -2.45. The van der Waals surface area contributed by atoms with Gasteiger partial charge in [0.05, 0.1) is 36.8 Å². The highest BCUT2D eigenvalue weighted by Gasteiger charge is 2.35. The summed E-state index contributed by atoms with van der Waals surface area (Å²) in [5, 5.41) is 15.0. The average Bonchev–Trinajstić information content (AvgIpc) is 2.57. The maximum Gasteiger partial charge on any atom is 0.279 e. The van der Waals surface area contributed by atoms with Gasteiger partial charge < -0.3 is 19.7 Å². The first-order valence-corrected chi connectivity index (χ1v) is 7.80. The van der Waals surface area contributed by atoms with E-state index in [0.717, 1.165) is 0 Å². The molecule has 0 radical (unpaired) electrons. The van der Waals surface area contributed by atoms with Crippen molar-refractivity contribution in [2.24, 2.45) is 0 Å². The quantitative estimate of drug-likeness (QED) is 0.483. The fraction of sp³-hybridized carbons (Fsp3) is 0.375. The van der Waals surface area contributed by atoms with E-state index in [1.807, 2.05) is 0 Å². The molecule has 1 aromatic carbocycles. The van der Waals surface area contributed by atoms with Crippen molar-refractivity contribution >= 4 is 28.8 Å². The highest BCUT2D eigenvalue weighted by Crippen LogP contribution is 2.41. The zero-order chi connectivity index (χ0) is 18.9. The average molecular weight is 365 g/mol. The lowest BCUT2D eigenvalue weighted by molar-refractivity contribution is -0.385. The number of hydrogen-bond acceptors (Lipinski definition) is 6. The summed E-state index contributed by atoms with van der Waals surface area (Å²) in [6.45, 7) is 3.17. The van der Waals surface area contributed by atoms with Crippen molar-refractivity contribution in [1.82, 2.24) is 10.2 Å². The molecular formula is C16H19N3O5S. The Balaban J connectivity index is 2.76. The molecular weight excluding hydrogens is 346 g/mol. The number of benzene rings is 1. The summed E-state index contributed by atoms with van der Waals surface area (Å²) < 4.78 is 10.4. The molecule has 0 aliphatic carbocycles. The Morgan fingerprint density at radius 1 is 1.32 bits per heavy atom. The van der Waals surface area contributed by atoms with Crippen LogP contribution in [-0.2, 0) is 4.79 Å². The Hall–Kier alpha value is -2.68. The van der Waals surface area contributed by atoms with E-state index in [9.17, 15) is 14.9 Å². The van der Waals surface area contributed by atoms with Gasteiger partial charge in [0.15, 0.2) is 22.4 Å². The van der Waals surface area contributed by atoms with Gasteiger partial charge in [-0.1, -0.05) is 0 Å². The number of thiocarbonyl (C=S) groups is 1. The van der Waals surface area contributed by atoms with E-state index in [1.165, 1.54) is 33.3 Å². The second-order valence-electron chi connectivity index (χ2n) is 5.52. The van der Waals surface area contributed by atoms with Gasteiger partial charge in [0.2, 0.25) is 0 Å². The maximum absolute atomic E-state index is 12.2. The second kappa shape index (κ2) is 7.06. The predicted octanol–water partition coefficient (Wildman–Crippen LogP) is 2.34. The predicted molar refractivity (Wildman–Crippen MR) is 95.8 cm³/mol. The molecule has 1 aromatic rings. The van der Waals surface area contributed by atoms with E-state index in [0.29, 0.717) is 22.1 Å². The number of nitro groups is 1. The third-order valence-electron chi connectivity index (χ3n) is 4.17. The van der Waals surface area contributed by atoms with E-state index in [1.54, 1.807) is 18.9 Å². The molecule has 1 N–H and O–H groups in total. The Labute approximate surface area is 150 Å². The summed E-state index contributed by atoms with van der Waals surface area (Å²) in [5.41, 5.74) is 1.15. The van der Waals surface area contributed by atoms with Crippen LogP contribution in [0.5, 0.6) is 11.5 Å². The number of nitro benzene ring substituents is 1. The number of carbonyl (C=O) groups excluding carboxylic acids is 1. The number of carbonyl (C=O) groups is 1. The molecule has 0 saturated heterocycles. The minimum absolute atomic E-state index is 0.186. The molecule has 9 heteroatoms. The topological polar surface area (TPSA) is 93.9 Å². The van der Waals surface area contributed by atoms with Crippen molar-refractivity contribution in [3.05, 3.63) is 39.1 Å². The Bertz CT molecular complexity index is 790. The van der Waals surface area contributed by atoms with Crippen LogP contribution in [0.2, 0.25) is 0 Å². The summed E-state index contributed by atoms with van der Waals surface area (Å²) in [6.07, 6.45) is 0. The highest BCUT2D eigenvalue weighted by atomic mass is 32.1. The van der Waals surface area contributed by atoms with Gasteiger partial charge in [0, 0.05) is 18.3 Å². The first-order chi connectivity index (χ1) is 11.7. The zero-order valence-electron chi connectivity index (χ0n) is 14.6. The van der Waals surface area contributed by atoms with E-state index < -0.39 is 11.0 Å². The van der Waals surface area contributed by atoms with Crippen molar-refractivity contribution in [1.29, 1.82) is 0 Å². The molecule has 0 amide bonds. The molecule has 1 unspecified atom stereocenters. The zero-order valence-corrected chi connectivity index (χ0v) is 15.4. The summed E-state index contributed by atoms with van der Waals surface area (Å²) in [4.78, 5) is 24.9. The standard InChI is InChI=1S/C16H19N3O5S/c1-8-14(9(2)20)15(17-16(25)18(8)3)10-6-12(23-4)13(24-5)7-11(10)19(21)22/h6-7,15H,1-5H3,(H,17,25). The molecule has 1 heterocycles. The van der Waals surface area contributed by atoms with Gasteiger partial charge in [-0.15, -0.1) is 0 Å². The third-order valence-corrected chi connectivity index (χ3v) is 4.57. The first kappa shape index (κ1) is 18.7. The Morgan fingerprint density at radius 3 is 2.36 bits per heavy atom. The van der Waals surface area contributed by atoms with Crippen molar-refractivity contribution in [2.75, 3.05) is 21.3 Å². The molecule has 134 valence electrons. The van der Waals surface area contributed by atoms with Crippen LogP contribution < -0.4 is 14.8 Å². The number of nitrogens with zero attached hydrogens (tertiary/aromatic N) is 2. The van der Waals surface area contributed by atoms with Gasteiger partial charge in [-0.25, -0.2) is 0 Å². The van der Waals surface area contributed by atoms with Gasteiger partial charge in [-0.05, 0) is 32.1 Å². The van der Waals surface area contributed by atoms with E-state index >= 15 is 0 Å². The minimum Gasteiger partial charge on any atom is -0.493 e. The summed E-state index contributed by atoms with van der Waals surface area (Å²) in [7, 11) is 4.56. The summed E-state index contributed by atoms with van der Waals surface area (Å²) in [5.74, 6) is 0.363. The van der Waals surface area contributed by atoms with Crippen LogP contribution in [0.1, 0.15) is 25.5 Å². The Morgan fingerprint density at radius 2 is 1.88 bits per heavy atom. The second-order valence-corrected chi connectivity index (χ2v) is 5.91. The summed E-state index contributed by atoms with van der Waals surface area (Å²) >= 11 is 5.28. The fourth-order valence-corrected chi connectivity index (χ4v) is 3.05. The lowest BCUT2D eigenvalue weighted by atomic mass is 9.91. The number of nitrogens with one attached hydrogen (secondary N) is 1. The SMILES string of the molecule is COc1cc(C2NC(=S)N(C)C(C)=C2C(C)=O)c([N+](=O)[O-])cc1OC. The number of methoxy groups -OCH3 is 2. The molecule has 1 aliphatic rings. The number of Topliss-reactive ketones (excluding diaryl/α,β-unsaturated/α-hetero) is 1. The number of allylic oxidation sites excluding steroid dienone is 1. The number of rotatable bonds is 5. The molecule has 1 aliphatic heterocycles. The van der Waals surface area contributed by atoms with Crippen LogP contribution >= 0.6 is 12.2 Å². The van der Waals surface area contributed by atoms with Gasteiger partial charge in [-0.2, -0.15) is 0 Å². The first-order valence-electron chi connectivity index (χ1n) is 7.39. The Kier molecular flexibility index (Phi) is 5.27. The van der Waals surface area contributed by atoms with Gasteiger partial charge in [-0.3, -0.25) is 14.9 Å².